The van der Waals surface area contributed by atoms with Gasteiger partial charge in [0.1, 0.15) is 11.6 Å². The van der Waals surface area contributed by atoms with Crippen LogP contribution in [0, 0.1) is 5.82 Å². The molecule has 1 N–H and O–H groups in total. The van der Waals surface area contributed by atoms with Gasteiger partial charge in [-0.3, -0.25) is 4.79 Å². The average Bonchev–Trinajstić information content (AvgIpc) is 2.41. The molecule has 1 amide bonds. The fraction of sp³-hybridized carbons (Fsp3) is 0.143. The Bertz CT molecular complexity index is 703. The summed E-state index contributed by atoms with van der Waals surface area (Å²) in [6.45, 7) is 0. The number of carbonyl (C=O) groups is 1. The van der Waals surface area contributed by atoms with Crippen LogP contribution in [0.1, 0.15) is 11.1 Å². The highest BCUT2D eigenvalue weighted by molar-refractivity contribution is 9.10. The molecule has 2 aromatic rings. The number of nitrogens with zero attached hydrogens (tertiary/aromatic N) is 1. The van der Waals surface area contributed by atoms with Crippen LogP contribution in [0.15, 0.2) is 41.0 Å². The molecule has 22 heavy (non-hydrogen) atoms. The third-order valence-corrected chi connectivity index (χ3v) is 3.21. The van der Waals surface area contributed by atoms with Gasteiger partial charge in [-0.15, -0.1) is 0 Å². The maximum Gasteiger partial charge on any atom is 0.416 e. The van der Waals surface area contributed by atoms with E-state index in [9.17, 15) is 22.4 Å². The Balaban J connectivity index is 2.09. The molecule has 0 aliphatic rings. The van der Waals surface area contributed by atoms with Crippen molar-refractivity contribution in [3.8, 4) is 0 Å². The van der Waals surface area contributed by atoms with Crippen molar-refractivity contribution in [2.45, 2.75) is 12.6 Å². The van der Waals surface area contributed by atoms with Gasteiger partial charge in [0.05, 0.1) is 12.0 Å². The third-order valence-electron chi connectivity index (χ3n) is 2.72. The summed E-state index contributed by atoms with van der Waals surface area (Å²) in [5, 5.41) is 2.22. The smallest absolute Gasteiger partial charge is 0.310 e. The van der Waals surface area contributed by atoms with Gasteiger partial charge in [0.2, 0.25) is 5.91 Å². The zero-order valence-electron chi connectivity index (χ0n) is 10.9. The van der Waals surface area contributed by atoms with Crippen molar-refractivity contribution in [2.24, 2.45) is 0 Å². The number of nitrogens with one attached hydrogen (secondary N) is 1. The first-order valence-electron chi connectivity index (χ1n) is 6.03. The molecular formula is C14H9BrF4N2O. The molecule has 0 atom stereocenters. The van der Waals surface area contributed by atoms with E-state index in [1.807, 2.05) is 0 Å². The van der Waals surface area contributed by atoms with Crippen LogP contribution < -0.4 is 5.32 Å². The van der Waals surface area contributed by atoms with Crippen molar-refractivity contribution in [1.29, 1.82) is 0 Å². The van der Waals surface area contributed by atoms with Crippen LogP contribution in [0.4, 0.5) is 23.4 Å². The molecule has 0 saturated carbocycles. The summed E-state index contributed by atoms with van der Waals surface area (Å²) >= 11 is 3.09. The number of benzene rings is 1. The summed E-state index contributed by atoms with van der Waals surface area (Å²) in [5.74, 6) is -1.48. The second kappa shape index (κ2) is 6.43. The van der Waals surface area contributed by atoms with Gasteiger partial charge in [0, 0.05) is 10.7 Å². The Morgan fingerprint density at radius 1 is 1.23 bits per heavy atom. The predicted molar refractivity (Wildman–Crippen MR) is 75.7 cm³/mol. The molecular weight excluding hydrogens is 368 g/mol. The van der Waals surface area contributed by atoms with Gasteiger partial charge in [-0.1, -0.05) is 22.0 Å². The SMILES string of the molecule is O=C(Cc1ccc(Br)cc1F)Nc1cc(C(F)(F)F)ccn1. The van der Waals surface area contributed by atoms with Crippen molar-refractivity contribution in [1.82, 2.24) is 4.98 Å². The van der Waals surface area contributed by atoms with Crippen LogP contribution in [-0.2, 0) is 17.4 Å². The van der Waals surface area contributed by atoms with Gasteiger partial charge in [-0.05, 0) is 29.8 Å². The number of hydrogen-bond donors (Lipinski definition) is 1. The molecule has 0 spiro atoms. The van der Waals surface area contributed by atoms with Crippen LogP contribution in [-0.4, -0.2) is 10.9 Å². The molecule has 1 aromatic carbocycles. The van der Waals surface area contributed by atoms with E-state index in [-0.39, 0.29) is 17.8 Å². The summed E-state index contributed by atoms with van der Waals surface area (Å²) in [6, 6.07) is 5.69. The second-order valence-electron chi connectivity index (χ2n) is 4.39. The lowest BCUT2D eigenvalue weighted by Crippen LogP contribution is -2.17. The number of hydrogen-bond acceptors (Lipinski definition) is 2. The van der Waals surface area contributed by atoms with Crippen molar-refractivity contribution in [3.05, 3.63) is 57.9 Å². The largest absolute Gasteiger partial charge is 0.416 e. The van der Waals surface area contributed by atoms with E-state index >= 15 is 0 Å². The summed E-state index contributed by atoms with van der Waals surface area (Å²) in [4.78, 5) is 15.4. The highest BCUT2D eigenvalue weighted by Crippen LogP contribution is 2.29. The molecule has 2 rings (SSSR count). The number of alkyl halides is 3. The normalized spacial score (nSPS) is 11.3. The number of amides is 1. The molecule has 0 fully saturated rings. The predicted octanol–water partition coefficient (Wildman–Crippen LogP) is 4.18. The zero-order valence-corrected chi connectivity index (χ0v) is 12.5. The first kappa shape index (κ1) is 16.4. The fourth-order valence-corrected chi connectivity index (χ4v) is 2.03. The Morgan fingerprint density at radius 3 is 2.59 bits per heavy atom. The van der Waals surface area contributed by atoms with E-state index in [2.05, 4.69) is 26.2 Å². The number of anilines is 1. The monoisotopic (exact) mass is 376 g/mol. The Labute approximate surface area is 131 Å². The molecule has 3 nitrogen and oxygen atoms in total. The Morgan fingerprint density at radius 2 is 1.95 bits per heavy atom. The zero-order chi connectivity index (χ0) is 16.3. The van der Waals surface area contributed by atoms with E-state index in [1.165, 1.54) is 12.1 Å². The standard InChI is InChI=1S/C14H9BrF4N2O/c15-10-2-1-8(11(16)7-10)5-13(22)21-12-6-9(3-4-20-12)14(17,18)19/h1-4,6-7H,5H2,(H,20,21,22). The van der Waals surface area contributed by atoms with Crippen LogP contribution in [0.25, 0.3) is 0 Å². The minimum absolute atomic E-state index is 0.132. The topological polar surface area (TPSA) is 42.0 Å². The maximum atomic E-state index is 13.6. The summed E-state index contributed by atoms with van der Waals surface area (Å²) < 4.78 is 51.8. The molecule has 0 bridgehead atoms. The van der Waals surface area contributed by atoms with E-state index in [0.717, 1.165) is 18.3 Å². The molecule has 0 unspecified atom stereocenters. The molecule has 0 aliphatic carbocycles. The minimum atomic E-state index is -4.53. The number of halogens is 5. The highest BCUT2D eigenvalue weighted by atomic mass is 79.9. The van der Waals surface area contributed by atoms with Gasteiger partial charge in [0.25, 0.3) is 0 Å². The molecule has 116 valence electrons. The van der Waals surface area contributed by atoms with Crippen molar-refractivity contribution < 1.29 is 22.4 Å². The van der Waals surface area contributed by atoms with E-state index in [4.69, 9.17) is 0 Å². The lowest BCUT2D eigenvalue weighted by atomic mass is 10.1. The molecule has 8 heteroatoms. The first-order valence-corrected chi connectivity index (χ1v) is 6.82. The van der Waals surface area contributed by atoms with Crippen LogP contribution in [0.5, 0.6) is 0 Å². The Kier molecular flexibility index (Phi) is 4.80. The fourth-order valence-electron chi connectivity index (χ4n) is 1.70. The molecule has 0 aliphatic heterocycles. The number of pyridine rings is 1. The number of aromatic nitrogens is 1. The molecule has 0 saturated heterocycles. The third kappa shape index (κ3) is 4.27. The summed E-state index contributed by atoms with van der Waals surface area (Å²) in [5.41, 5.74) is -0.791. The van der Waals surface area contributed by atoms with E-state index < -0.39 is 23.5 Å². The molecule has 1 aromatic heterocycles. The lowest BCUT2D eigenvalue weighted by molar-refractivity contribution is -0.137. The van der Waals surface area contributed by atoms with Gasteiger partial charge >= 0.3 is 6.18 Å². The van der Waals surface area contributed by atoms with E-state index in [0.29, 0.717) is 4.47 Å². The average molecular weight is 377 g/mol. The summed E-state index contributed by atoms with van der Waals surface area (Å²) in [6.07, 6.45) is -3.89. The minimum Gasteiger partial charge on any atom is -0.310 e. The maximum absolute atomic E-state index is 13.6. The van der Waals surface area contributed by atoms with Gasteiger partial charge in [0.15, 0.2) is 0 Å². The van der Waals surface area contributed by atoms with Gasteiger partial charge < -0.3 is 5.32 Å². The Hall–Kier alpha value is -1.96. The highest BCUT2D eigenvalue weighted by Gasteiger charge is 2.30. The second-order valence-corrected chi connectivity index (χ2v) is 5.30. The lowest BCUT2D eigenvalue weighted by Gasteiger charge is -2.09. The van der Waals surface area contributed by atoms with Crippen molar-refractivity contribution in [2.75, 3.05) is 5.32 Å². The van der Waals surface area contributed by atoms with Crippen LogP contribution in [0.3, 0.4) is 0 Å². The van der Waals surface area contributed by atoms with Gasteiger partial charge in [-0.2, -0.15) is 13.2 Å². The number of rotatable bonds is 3. The van der Waals surface area contributed by atoms with Crippen molar-refractivity contribution in [3.63, 3.8) is 0 Å². The van der Waals surface area contributed by atoms with Crippen LogP contribution in [0.2, 0.25) is 0 Å². The van der Waals surface area contributed by atoms with E-state index in [1.54, 1.807) is 6.07 Å². The molecule has 1 heterocycles. The first-order chi connectivity index (χ1) is 10.3. The number of carbonyl (C=O) groups excluding carboxylic acids is 1. The quantitative estimate of drug-likeness (QED) is 0.816. The van der Waals surface area contributed by atoms with Crippen LogP contribution >= 0.6 is 15.9 Å². The summed E-state index contributed by atoms with van der Waals surface area (Å²) in [7, 11) is 0. The molecule has 0 radical (unpaired) electrons. The van der Waals surface area contributed by atoms with Gasteiger partial charge in [-0.25, -0.2) is 9.37 Å². The van der Waals surface area contributed by atoms with Crippen molar-refractivity contribution >= 4 is 27.7 Å².